The number of amides is 2. The standard InChI is InChI=1S/C32H30FN5O/c1-4-28-26-20-37(32(39)34-24-17-14-22(3)27(33)19-24)30(23-15-12-21(2)13-16-23)29-11-8-18-36(29)31(26)38(35-28)25-9-6-5-7-10-25/h5-19,30H,4,20H2,1-3H3,(H,34,39). The second-order valence-electron chi connectivity index (χ2n) is 9.99. The van der Waals surface area contributed by atoms with Gasteiger partial charge in [-0.15, -0.1) is 0 Å². The van der Waals surface area contributed by atoms with Crippen LogP contribution in [0.3, 0.4) is 0 Å². The van der Waals surface area contributed by atoms with Crippen molar-refractivity contribution in [2.24, 2.45) is 0 Å². The maximum Gasteiger partial charge on any atom is 0.322 e. The summed E-state index contributed by atoms with van der Waals surface area (Å²) in [4.78, 5) is 15.9. The van der Waals surface area contributed by atoms with Crippen molar-refractivity contribution in [1.82, 2.24) is 19.2 Å². The van der Waals surface area contributed by atoms with Crippen molar-refractivity contribution in [3.05, 3.63) is 131 Å². The largest absolute Gasteiger partial charge is 0.322 e. The predicted octanol–water partition coefficient (Wildman–Crippen LogP) is 7.12. The highest BCUT2D eigenvalue weighted by atomic mass is 19.1. The number of para-hydroxylation sites is 1. The van der Waals surface area contributed by atoms with E-state index >= 15 is 0 Å². The van der Waals surface area contributed by atoms with Crippen LogP contribution in [0.4, 0.5) is 14.9 Å². The minimum atomic E-state index is -0.378. The number of aromatic nitrogens is 3. The van der Waals surface area contributed by atoms with Gasteiger partial charge in [0.2, 0.25) is 0 Å². The highest BCUT2D eigenvalue weighted by molar-refractivity contribution is 5.90. The predicted molar refractivity (Wildman–Crippen MR) is 151 cm³/mol. The van der Waals surface area contributed by atoms with Crippen molar-refractivity contribution in [3.8, 4) is 11.5 Å². The molecule has 1 aliphatic heterocycles. The van der Waals surface area contributed by atoms with Crippen LogP contribution >= 0.6 is 0 Å². The van der Waals surface area contributed by atoms with Gasteiger partial charge in [0, 0.05) is 17.4 Å². The Bertz CT molecular complexity index is 1650. The molecule has 0 fully saturated rings. The second kappa shape index (κ2) is 9.91. The molecular formula is C32H30FN5O. The molecule has 7 heteroatoms. The molecule has 39 heavy (non-hydrogen) atoms. The number of hydrogen-bond donors (Lipinski definition) is 1. The summed E-state index contributed by atoms with van der Waals surface area (Å²) in [6, 6.07) is 26.5. The van der Waals surface area contributed by atoms with Crippen LogP contribution < -0.4 is 5.32 Å². The number of carbonyl (C=O) groups excluding carboxylic acids is 1. The average Bonchev–Trinajstić information content (AvgIpc) is 3.53. The molecule has 1 atom stereocenters. The first-order valence-corrected chi connectivity index (χ1v) is 13.2. The Morgan fingerprint density at radius 1 is 1.00 bits per heavy atom. The first kappa shape index (κ1) is 24.7. The average molecular weight is 520 g/mol. The van der Waals surface area contributed by atoms with E-state index < -0.39 is 0 Å². The summed E-state index contributed by atoms with van der Waals surface area (Å²) in [6.07, 6.45) is 2.75. The van der Waals surface area contributed by atoms with Crippen LogP contribution in [0.5, 0.6) is 0 Å². The molecule has 0 radical (unpaired) electrons. The number of carbonyl (C=O) groups is 1. The summed E-state index contributed by atoms with van der Waals surface area (Å²) < 4.78 is 18.5. The van der Waals surface area contributed by atoms with Gasteiger partial charge in [-0.2, -0.15) is 5.10 Å². The van der Waals surface area contributed by atoms with Gasteiger partial charge in [0.25, 0.3) is 0 Å². The highest BCUT2D eigenvalue weighted by Gasteiger charge is 2.36. The van der Waals surface area contributed by atoms with Gasteiger partial charge in [0.05, 0.1) is 29.7 Å². The zero-order valence-corrected chi connectivity index (χ0v) is 22.2. The van der Waals surface area contributed by atoms with Crippen molar-refractivity contribution in [3.63, 3.8) is 0 Å². The zero-order chi connectivity index (χ0) is 27.1. The molecule has 5 aromatic rings. The molecule has 1 N–H and O–H groups in total. The minimum absolute atomic E-state index is 0.307. The fraction of sp³-hybridized carbons (Fsp3) is 0.188. The topological polar surface area (TPSA) is 55.1 Å². The van der Waals surface area contributed by atoms with E-state index in [0.29, 0.717) is 24.2 Å². The third-order valence-corrected chi connectivity index (χ3v) is 7.38. The lowest BCUT2D eigenvalue weighted by Crippen LogP contribution is -2.38. The third-order valence-electron chi connectivity index (χ3n) is 7.38. The number of benzene rings is 3. The monoisotopic (exact) mass is 519 g/mol. The molecule has 3 aromatic carbocycles. The normalized spacial score (nSPS) is 14.5. The molecule has 0 bridgehead atoms. The van der Waals surface area contributed by atoms with Gasteiger partial charge in [-0.3, -0.25) is 0 Å². The molecular weight excluding hydrogens is 489 g/mol. The summed E-state index contributed by atoms with van der Waals surface area (Å²) >= 11 is 0. The molecule has 3 heterocycles. The summed E-state index contributed by atoms with van der Waals surface area (Å²) in [6.45, 7) is 6.17. The maximum atomic E-state index is 14.4. The van der Waals surface area contributed by atoms with Gasteiger partial charge >= 0.3 is 6.03 Å². The van der Waals surface area contributed by atoms with Crippen LogP contribution in [0.1, 0.15) is 46.6 Å². The van der Waals surface area contributed by atoms with Crippen LogP contribution in [0.2, 0.25) is 0 Å². The van der Waals surface area contributed by atoms with E-state index in [0.717, 1.165) is 39.6 Å². The van der Waals surface area contributed by atoms with Gasteiger partial charge in [0.1, 0.15) is 11.6 Å². The lowest BCUT2D eigenvalue weighted by molar-refractivity contribution is 0.194. The van der Waals surface area contributed by atoms with Crippen molar-refractivity contribution in [2.75, 3.05) is 5.32 Å². The highest BCUT2D eigenvalue weighted by Crippen LogP contribution is 2.39. The zero-order valence-electron chi connectivity index (χ0n) is 22.2. The molecule has 0 spiro atoms. The third kappa shape index (κ3) is 4.40. The number of anilines is 1. The quantitative estimate of drug-likeness (QED) is 0.275. The molecule has 0 saturated carbocycles. The number of urea groups is 1. The Kier molecular flexibility index (Phi) is 6.27. The van der Waals surface area contributed by atoms with Crippen molar-refractivity contribution in [1.29, 1.82) is 0 Å². The van der Waals surface area contributed by atoms with Gasteiger partial charge in [-0.25, -0.2) is 13.9 Å². The number of nitrogens with one attached hydrogen (secondary N) is 1. The lowest BCUT2D eigenvalue weighted by Gasteiger charge is -2.31. The number of nitrogens with zero attached hydrogens (tertiary/aromatic N) is 4. The molecule has 0 saturated heterocycles. The fourth-order valence-electron chi connectivity index (χ4n) is 5.31. The van der Waals surface area contributed by atoms with Crippen molar-refractivity contribution >= 4 is 11.7 Å². The Morgan fingerprint density at radius 2 is 1.77 bits per heavy atom. The Labute approximate surface area is 227 Å². The van der Waals surface area contributed by atoms with E-state index in [-0.39, 0.29) is 17.9 Å². The molecule has 0 aliphatic carbocycles. The summed E-state index contributed by atoms with van der Waals surface area (Å²) in [5.41, 5.74) is 6.90. The molecule has 1 aliphatic rings. The Balaban J connectivity index is 1.54. The fourth-order valence-corrected chi connectivity index (χ4v) is 5.31. The Morgan fingerprint density at radius 3 is 2.49 bits per heavy atom. The number of fused-ring (bicyclic) bond motifs is 3. The van der Waals surface area contributed by atoms with Crippen molar-refractivity contribution < 1.29 is 9.18 Å². The number of halogens is 1. The first-order chi connectivity index (χ1) is 18.9. The van der Waals surface area contributed by atoms with Crippen LogP contribution in [-0.4, -0.2) is 25.3 Å². The second-order valence-corrected chi connectivity index (χ2v) is 9.99. The Hall–Kier alpha value is -4.65. The summed E-state index contributed by atoms with van der Waals surface area (Å²) in [5, 5.41) is 7.96. The SMILES string of the molecule is CCc1nn(-c2ccccc2)c2c1CN(C(=O)Nc1ccc(C)c(F)c1)C(c1ccc(C)cc1)c1cccn1-2. The maximum absolute atomic E-state index is 14.4. The molecule has 6 nitrogen and oxygen atoms in total. The smallest absolute Gasteiger partial charge is 0.308 e. The lowest BCUT2D eigenvalue weighted by atomic mass is 10.0. The molecule has 2 aromatic heterocycles. The van der Waals surface area contributed by atoms with Crippen LogP contribution in [0.25, 0.3) is 11.5 Å². The molecule has 2 amide bonds. The van der Waals surface area contributed by atoms with Gasteiger partial charge in [-0.05, 0) is 67.8 Å². The van der Waals surface area contributed by atoms with Crippen LogP contribution in [0, 0.1) is 19.7 Å². The summed E-state index contributed by atoms with van der Waals surface area (Å²) in [5.74, 6) is 0.569. The van der Waals surface area contributed by atoms with E-state index in [1.54, 1.807) is 19.1 Å². The van der Waals surface area contributed by atoms with Gasteiger partial charge < -0.3 is 14.8 Å². The molecule has 196 valence electrons. The number of hydrogen-bond acceptors (Lipinski definition) is 2. The number of rotatable bonds is 4. The van der Waals surface area contributed by atoms with E-state index in [1.165, 1.54) is 6.07 Å². The molecule has 1 unspecified atom stereocenters. The van der Waals surface area contributed by atoms with Crippen LogP contribution in [-0.2, 0) is 13.0 Å². The van der Waals surface area contributed by atoms with E-state index in [4.69, 9.17) is 5.10 Å². The molecule has 6 rings (SSSR count). The van der Waals surface area contributed by atoms with Gasteiger partial charge in [0.15, 0.2) is 0 Å². The van der Waals surface area contributed by atoms with E-state index in [2.05, 4.69) is 47.1 Å². The van der Waals surface area contributed by atoms with E-state index in [9.17, 15) is 9.18 Å². The first-order valence-electron chi connectivity index (χ1n) is 13.2. The summed E-state index contributed by atoms with van der Waals surface area (Å²) in [7, 11) is 0. The van der Waals surface area contributed by atoms with Crippen LogP contribution in [0.15, 0.2) is 91.1 Å². The van der Waals surface area contributed by atoms with Gasteiger partial charge in [-0.1, -0.05) is 61.0 Å². The van der Waals surface area contributed by atoms with E-state index in [1.807, 2.05) is 59.1 Å². The minimum Gasteiger partial charge on any atom is -0.308 e. The van der Waals surface area contributed by atoms with Crippen molar-refractivity contribution in [2.45, 2.75) is 39.8 Å². The number of aryl methyl sites for hydroxylation is 3.